The third-order valence-electron chi connectivity index (χ3n) is 2.35. The molecule has 0 aliphatic heterocycles. The maximum absolute atomic E-state index is 11.7. The minimum atomic E-state index is -0.635. The van der Waals surface area contributed by atoms with Gasteiger partial charge in [-0.25, -0.2) is 0 Å². The predicted octanol–water partition coefficient (Wildman–Crippen LogP) is 1.90. The lowest BCUT2D eigenvalue weighted by Crippen LogP contribution is -2.25. The van der Waals surface area contributed by atoms with Crippen LogP contribution in [0.2, 0.25) is 0 Å². The predicted molar refractivity (Wildman–Crippen MR) is 60.0 cm³/mol. The van der Waals surface area contributed by atoms with Crippen LogP contribution in [0.3, 0.4) is 0 Å². The number of Topliss-reactive ketones (excluding diaryl/α,β-unsaturated/α-hetero) is 2. The number of unbranched alkanes of at least 4 members (excludes halogenated alkanes) is 1. The molecule has 0 spiro atoms. The summed E-state index contributed by atoms with van der Waals surface area (Å²) in [6, 6.07) is 0. The molecule has 0 radical (unpaired) electrons. The van der Waals surface area contributed by atoms with Gasteiger partial charge in [-0.2, -0.15) is 0 Å². The summed E-state index contributed by atoms with van der Waals surface area (Å²) >= 11 is 0. The smallest absolute Gasteiger partial charge is 0.313 e. The van der Waals surface area contributed by atoms with Crippen LogP contribution < -0.4 is 0 Å². The van der Waals surface area contributed by atoms with Crippen LogP contribution >= 0.6 is 0 Å². The first-order valence-electron chi connectivity index (χ1n) is 5.71. The fraction of sp³-hybridized carbons (Fsp3) is 0.750. The molecule has 0 saturated heterocycles. The van der Waals surface area contributed by atoms with Crippen LogP contribution in [-0.4, -0.2) is 24.1 Å². The van der Waals surface area contributed by atoms with E-state index in [9.17, 15) is 14.4 Å². The molecule has 0 aliphatic rings. The van der Waals surface area contributed by atoms with Crippen molar-refractivity contribution >= 4 is 17.5 Å². The first-order valence-corrected chi connectivity index (χ1v) is 5.71. The van der Waals surface area contributed by atoms with Crippen molar-refractivity contribution in [3.05, 3.63) is 0 Å². The van der Waals surface area contributed by atoms with Crippen molar-refractivity contribution in [2.75, 3.05) is 6.61 Å². The summed E-state index contributed by atoms with van der Waals surface area (Å²) in [7, 11) is 0. The van der Waals surface area contributed by atoms with Crippen LogP contribution in [-0.2, 0) is 19.1 Å². The molecule has 4 nitrogen and oxygen atoms in total. The maximum atomic E-state index is 11.7. The van der Waals surface area contributed by atoms with Crippen LogP contribution in [0, 0.1) is 5.92 Å². The standard InChI is InChI=1S/C12H20O4/c1-4-6-7-10(9(3)13)11(14)8-12(15)16-5-2/h10H,4-8H2,1-3H3. The maximum Gasteiger partial charge on any atom is 0.313 e. The van der Waals surface area contributed by atoms with Crippen molar-refractivity contribution in [1.29, 1.82) is 0 Å². The molecule has 4 heteroatoms. The fourth-order valence-corrected chi connectivity index (χ4v) is 1.48. The lowest BCUT2D eigenvalue weighted by Gasteiger charge is -2.11. The Balaban J connectivity index is 4.27. The zero-order valence-corrected chi connectivity index (χ0v) is 10.2. The molecule has 0 aromatic rings. The molecule has 16 heavy (non-hydrogen) atoms. The molecule has 1 unspecified atom stereocenters. The minimum absolute atomic E-state index is 0.164. The quantitative estimate of drug-likeness (QED) is 0.470. The van der Waals surface area contributed by atoms with Crippen molar-refractivity contribution in [2.24, 2.45) is 5.92 Å². The summed E-state index contributed by atoms with van der Waals surface area (Å²) in [4.78, 5) is 34.0. The summed E-state index contributed by atoms with van der Waals surface area (Å²) in [5.74, 6) is -1.67. The summed E-state index contributed by atoms with van der Waals surface area (Å²) < 4.78 is 4.68. The van der Waals surface area contributed by atoms with Gasteiger partial charge in [-0.1, -0.05) is 19.8 Å². The fourth-order valence-electron chi connectivity index (χ4n) is 1.48. The van der Waals surface area contributed by atoms with Crippen LogP contribution in [0.4, 0.5) is 0 Å². The van der Waals surface area contributed by atoms with Crippen LogP contribution in [0.15, 0.2) is 0 Å². The average molecular weight is 228 g/mol. The summed E-state index contributed by atoms with van der Waals surface area (Å²) in [5, 5.41) is 0. The normalized spacial score (nSPS) is 11.9. The van der Waals surface area contributed by atoms with Gasteiger partial charge in [0.15, 0.2) is 5.78 Å². The van der Waals surface area contributed by atoms with Gasteiger partial charge < -0.3 is 4.74 Å². The Morgan fingerprint density at radius 3 is 2.25 bits per heavy atom. The van der Waals surface area contributed by atoms with Gasteiger partial charge >= 0.3 is 5.97 Å². The second-order valence-corrected chi connectivity index (χ2v) is 3.75. The first-order chi connectivity index (χ1) is 7.52. The van der Waals surface area contributed by atoms with Crippen molar-refractivity contribution < 1.29 is 19.1 Å². The highest BCUT2D eigenvalue weighted by Gasteiger charge is 2.24. The SMILES string of the molecule is CCCCC(C(C)=O)C(=O)CC(=O)OCC. The van der Waals surface area contributed by atoms with E-state index in [4.69, 9.17) is 0 Å². The Morgan fingerprint density at radius 2 is 1.81 bits per heavy atom. The summed E-state index contributed by atoms with van der Waals surface area (Å²) in [6.07, 6.45) is 1.99. The minimum Gasteiger partial charge on any atom is -0.466 e. The third kappa shape index (κ3) is 5.63. The van der Waals surface area contributed by atoms with Gasteiger partial charge in [-0.05, 0) is 20.3 Å². The molecular formula is C12H20O4. The largest absolute Gasteiger partial charge is 0.466 e. The van der Waals surface area contributed by atoms with E-state index in [2.05, 4.69) is 4.74 Å². The zero-order chi connectivity index (χ0) is 12.6. The zero-order valence-electron chi connectivity index (χ0n) is 10.2. The first kappa shape index (κ1) is 14.8. The van der Waals surface area contributed by atoms with E-state index in [0.29, 0.717) is 6.42 Å². The molecule has 0 aliphatic carbocycles. The van der Waals surface area contributed by atoms with Gasteiger partial charge in [0, 0.05) is 0 Å². The molecule has 92 valence electrons. The van der Waals surface area contributed by atoms with Crippen molar-refractivity contribution in [2.45, 2.75) is 46.5 Å². The topological polar surface area (TPSA) is 60.4 Å². The molecule has 0 bridgehead atoms. The number of ketones is 2. The second-order valence-electron chi connectivity index (χ2n) is 3.75. The van der Waals surface area contributed by atoms with Crippen LogP contribution in [0.5, 0.6) is 0 Å². The van der Waals surface area contributed by atoms with Crippen LogP contribution in [0.1, 0.15) is 46.5 Å². The molecule has 0 aromatic heterocycles. The Labute approximate surface area is 96.4 Å². The molecule has 0 fully saturated rings. The van der Waals surface area contributed by atoms with Gasteiger partial charge in [0.1, 0.15) is 12.2 Å². The summed E-state index contributed by atoms with van der Waals surface area (Å²) in [5.41, 5.74) is 0. The number of ether oxygens (including phenoxy) is 1. The third-order valence-corrected chi connectivity index (χ3v) is 2.35. The van der Waals surface area contributed by atoms with Gasteiger partial charge in [0.2, 0.25) is 0 Å². The molecule has 0 amide bonds. The number of hydrogen-bond acceptors (Lipinski definition) is 4. The number of esters is 1. The monoisotopic (exact) mass is 228 g/mol. The van der Waals surface area contributed by atoms with Crippen molar-refractivity contribution in [3.8, 4) is 0 Å². The summed E-state index contributed by atoms with van der Waals surface area (Å²) in [6.45, 7) is 5.32. The van der Waals surface area contributed by atoms with Gasteiger partial charge in [-0.15, -0.1) is 0 Å². The van der Waals surface area contributed by atoms with Gasteiger partial charge in [0.05, 0.1) is 12.5 Å². The Kier molecular flexibility index (Phi) is 7.42. The molecular weight excluding hydrogens is 208 g/mol. The second kappa shape index (κ2) is 8.02. The highest BCUT2D eigenvalue weighted by molar-refractivity contribution is 6.07. The van der Waals surface area contributed by atoms with Gasteiger partial charge in [-0.3, -0.25) is 14.4 Å². The van der Waals surface area contributed by atoms with E-state index in [-0.39, 0.29) is 24.6 Å². The Bertz CT molecular complexity index is 256. The number of rotatable bonds is 8. The molecule has 0 rings (SSSR count). The van der Waals surface area contributed by atoms with E-state index >= 15 is 0 Å². The molecule has 0 heterocycles. The van der Waals surface area contributed by atoms with E-state index < -0.39 is 11.9 Å². The average Bonchev–Trinajstić information content (AvgIpc) is 2.17. The lowest BCUT2D eigenvalue weighted by atomic mass is 9.92. The number of carbonyl (C=O) groups is 3. The molecule has 0 saturated carbocycles. The number of hydrogen-bond donors (Lipinski definition) is 0. The van der Waals surface area contributed by atoms with E-state index in [1.165, 1.54) is 6.92 Å². The van der Waals surface area contributed by atoms with Gasteiger partial charge in [0.25, 0.3) is 0 Å². The van der Waals surface area contributed by atoms with E-state index in [1.807, 2.05) is 6.92 Å². The van der Waals surface area contributed by atoms with Crippen molar-refractivity contribution in [1.82, 2.24) is 0 Å². The molecule has 0 aromatic carbocycles. The lowest BCUT2D eigenvalue weighted by molar-refractivity contribution is -0.146. The molecule has 1 atom stereocenters. The highest BCUT2D eigenvalue weighted by Crippen LogP contribution is 2.13. The molecule has 0 N–H and O–H groups in total. The Hall–Kier alpha value is -1.19. The highest BCUT2D eigenvalue weighted by atomic mass is 16.5. The Morgan fingerprint density at radius 1 is 1.19 bits per heavy atom. The van der Waals surface area contributed by atoms with Crippen LogP contribution in [0.25, 0.3) is 0 Å². The van der Waals surface area contributed by atoms with E-state index in [0.717, 1.165) is 12.8 Å². The van der Waals surface area contributed by atoms with Crippen molar-refractivity contribution in [3.63, 3.8) is 0 Å². The van der Waals surface area contributed by atoms with E-state index in [1.54, 1.807) is 6.92 Å². The number of carbonyl (C=O) groups excluding carboxylic acids is 3.